The number of hydrogen-bond donors (Lipinski definition) is 0. The fourth-order valence-corrected chi connectivity index (χ4v) is 2.19. The van der Waals surface area contributed by atoms with Crippen molar-refractivity contribution < 1.29 is 4.74 Å². The van der Waals surface area contributed by atoms with E-state index >= 15 is 0 Å². The highest BCUT2D eigenvalue weighted by Gasteiger charge is 2.14. The zero-order valence-corrected chi connectivity index (χ0v) is 11.3. The van der Waals surface area contributed by atoms with Gasteiger partial charge in [0.15, 0.2) is 0 Å². The molecule has 1 unspecified atom stereocenters. The monoisotopic (exact) mass is 230 g/mol. The van der Waals surface area contributed by atoms with E-state index in [-0.39, 0.29) is 0 Å². The molecule has 0 aliphatic heterocycles. The quantitative estimate of drug-likeness (QED) is 0.688. The summed E-state index contributed by atoms with van der Waals surface area (Å²) in [6, 6.07) is 4.24. The summed E-state index contributed by atoms with van der Waals surface area (Å²) in [6.07, 6.45) is 7.33. The predicted octanol–water partition coefficient (Wildman–Crippen LogP) is 4.22. The minimum absolute atomic E-state index is 0.467. The molecule has 1 atom stereocenters. The van der Waals surface area contributed by atoms with Crippen LogP contribution in [0, 0.1) is 26.2 Å². The third kappa shape index (κ3) is 3.03. The van der Waals surface area contributed by atoms with Crippen molar-refractivity contribution >= 4 is 0 Å². The third-order valence-electron chi connectivity index (χ3n) is 3.38. The van der Waals surface area contributed by atoms with Crippen LogP contribution in [-0.4, -0.2) is 6.61 Å². The molecule has 0 aliphatic rings. The van der Waals surface area contributed by atoms with Crippen LogP contribution < -0.4 is 4.74 Å². The second kappa shape index (κ2) is 6.35. The maximum Gasteiger partial charge on any atom is 0.122 e. The molecule has 0 radical (unpaired) electrons. The molecular weight excluding hydrogens is 208 g/mol. The van der Waals surface area contributed by atoms with E-state index in [1.165, 1.54) is 16.7 Å². The van der Waals surface area contributed by atoms with E-state index in [2.05, 4.69) is 38.8 Å². The van der Waals surface area contributed by atoms with Crippen molar-refractivity contribution in [3.05, 3.63) is 28.8 Å². The predicted molar refractivity (Wildman–Crippen MR) is 73.6 cm³/mol. The molecule has 1 aromatic carbocycles. The van der Waals surface area contributed by atoms with Gasteiger partial charge in [-0.15, -0.1) is 12.3 Å². The smallest absolute Gasteiger partial charge is 0.122 e. The van der Waals surface area contributed by atoms with E-state index in [1.807, 2.05) is 6.92 Å². The van der Waals surface area contributed by atoms with Crippen LogP contribution in [0.3, 0.4) is 0 Å². The summed E-state index contributed by atoms with van der Waals surface area (Å²) in [4.78, 5) is 0. The minimum Gasteiger partial charge on any atom is -0.494 e. The van der Waals surface area contributed by atoms with Crippen LogP contribution >= 0.6 is 0 Å². The maximum atomic E-state index is 5.61. The van der Waals surface area contributed by atoms with E-state index in [4.69, 9.17) is 11.2 Å². The zero-order chi connectivity index (χ0) is 12.8. The Morgan fingerprint density at radius 3 is 2.47 bits per heavy atom. The molecule has 1 nitrogen and oxygen atoms in total. The molecule has 0 amide bonds. The first-order valence-corrected chi connectivity index (χ1v) is 6.32. The van der Waals surface area contributed by atoms with Crippen molar-refractivity contribution in [1.82, 2.24) is 0 Å². The molecule has 0 aromatic heterocycles. The van der Waals surface area contributed by atoms with Crippen LogP contribution in [0.1, 0.15) is 49.3 Å². The Balaban J connectivity index is 3.11. The molecule has 0 saturated heterocycles. The van der Waals surface area contributed by atoms with Crippen LogP contribution in [0.4, 0.5) is 0 Å². The molecule has 17 heavy (non-hydrogen) atoms. The van der Waals surface area contributed by atoms with Gasteiger partial charge in [-0.1, -0.05) is 13.0 Å². The van der Waals surface area contributed by atoms with Gasteiger partial charge in [-0.3, -0.25) is 0 Å². The lowest BCUT2D eigenvalue weighted by molar-refractivity contribution is 0.337. The van der Waals surface area contributed by atoms with Gasteiger partial charge in [-0.2, -0.15) is 0 Å². The van der Waals surface area contributed by atoms with Gasteiger partial charge in [-0.05, 0) is 55.9 Å². The highest BCUT2D eigenvalue weighted by Crippen LogP contribution is 2.31. The van der Waals surface area contributed by atoms with Crippen molar-refractivity contribution in [3.8, 4) is 18.1 Å². The molecular formula is C16H22O. The first-order chi connectivity index (χ1) is 8.15. The van der Waals surface area contributed by atoms with E-state index in [1.54, 1.807) is 0 Å². The summed E-state index contributed by atoms with van der Waals surface area (Å²) >= 11 is 0. The summed E-state index contributed by atoms with van der Waals surface area (Å²) in [6.45, 7) is 9.18. The summed E-state index contributed by atoms with van der Waals surface area (Å²) in [5, 5.41) is 0. The largest absolute Gasteiger partial charge is 0.494 e. The second-order valence-corrected chi connectivity index (χ2v) is 4.35. The van der Waals surface area contributed by atoms with Crippen LogP contribution in [0.15, 0.2) is 12.1 Å². The van der Waals surface area contributed by atoms with Crippen LogP contribution in [0.2, 0.25) is 0 Å². The summed E-state index contributed by atoms with van der Waals surface area (Å²) in [5.41, 5.74) is 3.92. The third-order valence-corrected chi connectivity index (χ3v) is 3.38. The van der Waals surface area contributed by atoms with Crippen LogP contribution in [-0.2, 0) is 0 Å². The SMILES string of the molecule is C#CCC(CC)c1ccc(OCC)c(C)c1C. The molecule has 92 valence electrons. The van der Waals surface area contributed by atoms with Gasteiger partial charge < -0.3 is 4.74 Å². The highest BCUT2D eigenvalue weighted by atomic mass is 16.5. The summed E-state index contributed by atoms with van der Waals surface area (Å²) < 4.78 is 5.61. The van der Waals surface area contributed by atoms with Crippen molar-refractivity contribution in [3.63, 3.8) is 0 Å². The van der Waals surface area contributed by atoms with Gasteiger partial charge >= 0.3 is 0 Å². The van der Waals surface area contributed by atoms with Gasteiger partial charge in [0.2, 0.25) is 0 Å². The summed E-state index contributed by atoms with van der Waals surface area (Å²) in [7, 11) is 0. The molecule has 1 rings (SSSR count). The van der Waals surface area contributed by atoms with Gasteiger partial charge in [0, 0.05) is 6.42 Å². The molecule has 0 saturated carbocycles. The average Bonchev–Trinajstić information content (AvgIpc) is 2.33. The van der Waals surface area contributed by atoms with E-state index < -0.39 is 0 Å². The van der Waals surface area contributed by atoms with E-state index in [9.17, 15) is 0 Å². The number of rotatable bonds is 5. The highest BCUT2D eigenvalue weighted by molar-refractivity contribution is 5.45. The van der Waals surface area contributed by atoms with Crippen molar-refractivity contribution in [2.24, 2.45) is 0 Å². The fourth-order valence-electron chi connectivity index (χ4n) is 2.19. The van der Waals surface area contributed by atoms with E-state index in [0.29, 0.717) is 12.5 Å². The standard InChI is InChI=1S/C16H22O/c1-6-9-14(7-2)15-10-11-16(17-8-3)13(5)12(15)4/h1,10-11,14H,7-9H2,2-5H3. The summed E-state index contributed by atoms with van der Waals surface area (Å²) in [5.74, 6) is 4.23. The molecule has 0 aliphatic carbocycles. The lowest BCUT2D eigenvalue weighted by Crippen LogP contribution is -2.03. The minimum atomic E-state index is 0.467. The van der Waals surface area contributed by atoms with Gasteiger partial charge in [0.05, 0.1) is 6.61 Å². The maximum absolute atomic E-state index is 5.61. The van der Waals surface area contributed by atoms with Crippen molar-refractivity contribution in [2.45, 2.75) is 46.5 Å². The van der Waals surface area contributed by atoms with Gasteiger partial charge in [0.25, 0.3) is 0 Å². The van der Waals surface area contributed by atoms with E-state index in [0.717, 1.165) is 18.6 Å². The Labute approximate surface area is 105 Å². The first-order valence-electron chi connectivity index (χ1n) is 6.32. The zero-order valence-electron chi connectivity index (χ0n) is 11.3. The molecule has 0 spiro atoms. The molecule has 0 bridgehead atoms. The Bertz CT molecular complexity index is 412. The fraction of sp³-hybridized carbons (Fsp3) is 0.500. The molecule has 1 heteroatoms. The second-order valence-electron chi connectivity index (χ2n) is 4.35. The topological polar surface area (TPSA) is 9.23 Å². The average molecular weight is 230 g/mol. The molecule has 0 fully saturated rings. The molecule has 1 aromatic rings. The van der Waals surface area contributed by atoms with Crippen LogP contribution in [0.5, 0.6) is 5.75 Å². The number of ether oxygens (including phenoxy) is 1. The lowest BCUT2D eigenvalue weighted by atomic mass is 9.88. The van der Waals surface area contributed by atoms with Crippen molar-refractivity contribution in [2.75, 3.05) is 6.61 Å². The first kappa shape index (κ1) is 13.6. The number of terminal acetylenes is 1. The lowest BCUT2D eigenvalue weighted by Gasteiger charge is -2.19. The Kier molecular flexibility index (Phi) is 5.10. The Morgan fingerprint density at radius 1 is 1.24 bits per heavy atom. The number of benzene rings is 1. The Morgan fingerprint density at radius 2 is 1.94 bits per heavy atom. The molecule has 0 N–H and O–H groups in total. The van der Waals surface area contributed by atoms with Gasteiger partial charge in [0.1, 0.15) is 5.75 Å². The Hall–Kier alpha value is -1.42. The number of hydrogen-bond acceptors (Lipinski definition) is 1. The normalized spacial score (nSPS) is 11.9. The van der Waals surface area contributed by atoms with Crippen molar-refractivity contribution in [1.29, 1.82) is 0 Å². The van der Waals surface area contributed by atoms with Gasteiger partial charge in [-0.25, -0.2) is 0 Å². The molecule has 0 heterocycles. The van der Waals surface area contributed by atoms with Crippen LogP contribution in [0.25, 0.3) is 0 Å².